The van der Waals surface area contributed by atoms with Crippen LogP contribution in [-0.4, -0.2) is 24.7 Å². The van der Waals surface area contributed by atoms with E-state index in [0.717, 1.165) is 30.2 Å². The molecule has 0 amide bonds. The molecule has 1 saturated heterocycles. The Bertz CT molecular complexity index is 681. The lowest BCUT2D eigenvalue weighted by molar-refractivity contribution is 0.106. The molecule has 4 nitrogen and oxygen atoms in total. The van der Waals surface area contributed by atoms with Crippen LogP contribution in [-0.2, 0) is 18.0 Å². The molecule has 134 valence electrons. The van der Waals surface area contributed by atoms with E-state index in [1.165, 1.54) is 30.4 Å². The van der Waals surface area contributed by atoms with E-state index in [9.17, 15) is 0 Å². The largest absolute Gasteiger partial charge is 0.494 e. The van der Waals surface area contributed by atoms with Crippen molar-refractivity contribution in [2.45, 2.75) is 46.3 Å². The van der Waals surface area contributed by atoms with Gasteiger partial charge in [0, 0.05) is 19.3 Å². The minimum atomic E-state index is 0.591. The van der Waals surface area contributed by atoms with E-state index in [0.29, 0.717) is 19.8 Å². The summed E-state index contributed by atoms with van der Waals surface area (Å²) in [7, 11) is 0. The van der Waals surface area contributed by atoms with Crippen LogP contribution in [0.4, 0.5) is 5.82 Å². The number of nitrogens with zero attached hydrogens (tertiary/aromatic N) is 2. The highest BCUT2D eigenvalue weighted by atomic mass is 16.5. The molecule has 1 aromatic carbocycles. The third-order valence-electron chi connectivity index (χ3n) is 4.71. The maximum Gasteiger partial charge on any atom is 0.128 e. The van der Waals surface area contributed by atoms with E-state index in [1.54, 1.807) is 0 Å². The zero-order valence-electron chi connectivity index (χ0n) is 15.3. The molecule has 1 aromatic heterocycles. The number of anilines is 1. The van der Waals surface area contributed by atoms with Gasteiger partial charge in [-0.25, -0.2) is 4.98 Å². The van der Waals surface area contributed by atoms with Crippen molar-refractivity contribution in [3.05, 3.63) is 53.2 Å². The molecule has 0 aliphatic carbocycles. The van der Waals surface area contributed by atoms with E-state index in [2.05, 4.69) is 28.9 Å². The summed E-state index contributed by atoms with van der Waals surface area (Å²) in [5.74, 6) is 2.02. The molecule has 0 radical (unpaired) electrons. The number of hydrogen-bond donors (Lipinski definition) is 0. The van der Waals surface area contributed by atoms with Gasteiger partial charge in [0.05, 0.1) is 19.8 Å². The molecule has 1 fully saturated rings. The normalized spacial score (nSPS) is 14.6. The van der Waals surface area contributed by atoms with Crippen LogP contribution in [0.5, 0.6) is 5.75 Å². The second-order valence-electron chi connectivity index (χ2n) is 6.54. The molecule has 2 heterocycles. The van der Waals surface area contributed by atoms with E-state index < -0.39 is 0 Å². The van der Waals surface area contributed by atoms with Gasteiger partial charge >= 0.3 is 0 Å². The fourth-order valence-corrected chi connectivity index (χ4v) is 3.25. The van der Waals surface area contributed by atoms with E-state index in [-0.39, 0.29) is 0 Å². The Hall–Kier alpha value is -2.07. The van der Waals surface area contributed by atoms with Crippen LogP contribution in [0.3, 0.4) is 0 Å². The standard InChI is InChI=1S/C21H28N2O2/c1-3-25-20-9-7-8-19(17(20)2)16-24-15-18-10-11-22-21(14-18)23-12-5-4-6-13-23/h7-11,14H,3-6,12-13,15-16H2,1-2H3. The summed E-state index contributed by atoms with van der Waals surface area (Å²) in [4.78, 5) is 6.91. The van der Waals surface area contributed by atoms with Gasteiger partial charge in [0.2, 0.25) is 0 Å². The van der Waals surface area contributed by atoms with Crippen LogP contribution in [0.2, 0.25) is 0 Å². The summed E-state index contributed by atoms with van der Waals surface area (Å²) in [6.45, 7) is 8.19. The first kappa shape index (κ1) is 17.7. The van der Waals surface area contributed by atoms with Crippen molar-refractivity contribution in [1.29, 1.82) is 0 Å². The average molecular weight is 340 g/mol. The molecule has 0 atom stereocenters. The average Bonchev–Trinajstić information content (AvgIpc) is 2.66. The summed E-state index contributed by atoms with van der Waals surface area (Å²) < 4.78 is 11.6. The Kier molecular flexibility index (Phi) is 6.29. The summed E-state index contributed by atoms with van der Waals surface area (Å²) >= 11 is 0. The van der Waals surface area contributed by atoms with Gasteiger partial charge in [-0.1, -0.05) is 12.1 Å². The monoisotopic (exact) mass is 340 g/mol. The number of hydrogen-bond acceptors (Lipinski definition) is 4. The second-order valence-corrected chi connectivity index (χ2v) is 6.54. The van der Waals surface area contributed by atoms with Gasteiger partial charge in [-0.2, -0.15) is 0 Å². The lowest BCUT2D eigenvalue weighted by atomic mass is 10.1. The SMILES string of the molecule is CCOc1cccc(COCc2ccnc(N3CCCCC3)c2)c1C. The van der Waals surface area contributed by atoms with Crippen molar-refractivity contribution < 1.29 is 9.47 Å². The molecule has 0 N–H and O–H groups in total. The predicted molar refractivity (Wildman–Crippen MR) is 101 cm³/mol. The topological polar surface area (TPSA) is 34.6 Å². The van der Waals surface area contributed by atoms with Crippen LogP contribution in [0.25, 0.3) is 0 Å². The molecule has 0 spiro atoms. The van der Waals surface area contributed by atoms with Crippen molar-refractivity contribution in [2.24, 2.45) is 0 Å². The molecular weight excluding hydrogens is 312 g/mol. The summed E-state index contributed by atoms with van der Waals surface area (Å²) in [6, 6.07) is 10.3. The van der Waals surface area contributed by atoms with Crippen LogP contribution in [0, 0.1) is 6.92 Å². The zero-order valence-corrected chi connectivity index (χ0v) is 15.3. The maximum atomic E-state index is 5.96. The van der Waals surface area contributed by atoms with Gasteiger partial charge in [0.1, 0.15) is 11.6 Å². The fraction of sp³-hybridized carbons (Fsp3) is 0.476. The number of piperidine rings is 1. The lowest BCUT2D eigenvalue weighted by Crippen LogP contribution is -2.30. The quantitative estimate of drug-likeness (QED) is 0.743. The molecule has 2 aromatic rings. The number of pyridine rings is 1. The van der Waals surface area contributed by atoms with Gasteiger partial charge in [-0.15, -0.1) is 0 Å². The summed E-state index contributed by atoms with van der Waals surface area (Å²) in [6.07, 6.45) is 5.75. The minimum absolute atomic E-state index is 0.591. The van der Waals surface area contributed by atoms with Crippen molar-refractivity contribution in [2.75, 3.05) is 24.6 Å². The molecule has 4 heteroatoms. The van der Waals surface area contributed by atoms with E-state index in [4.69, 9.17) is 9.47 Å². The Morgan fingerprint density at radius 2 is 1.92 bits per heavy atom. The Morgan fingerprint density at radius 1 is 1.08 bits per heavy atom. The predicted octanol–water partition coefficient (Wildman–Crippen LogP) is 4.50. The first-order chi connectivity index (χ1) is 12.3. The molecular formula is C21H28N2O2. The fourth-order valence-electron chi connectivity index (χ4n) is 3.25. The first-order valence-electron chi connectivity index (χ1n) is 9.27. The Labute approximate surface area is 150 Å². The highest BCUT2D eigenvalue weighted by Gasteiger charge is 2.12. The Balaban J connectivity index is 1.58. The number of rotatable bonds is 7. The van der Waals surface area contributed by atoms with Gasteiger partial charge in [0.15, 0.2) is 0 Å². The van der Waals surface area contributed by atoms with Crippen LogP contribution in [0.1, 0.15) is 42.9 Å². The van der Waals surface area contributed by atoms with Crippen LogP contribution >= 0.6 is 0 Å². The van der Waals surface area contributed by atoms with Crippen molar-refractivity contribution in [3.8, 4) is 5.75 Å². The highest BCUT2D eigenvalue weighted by Crippen LogP contribution is 2.23. The zero-order chi connectivity index (χ0) is 17.5. The van der Waals surface area contributed by atoms with Crippen molar-refractivity contribution in [3.63, 3.8) is 0 Å². The molecule has 0 bridgehead atoms. The summed E-state index contributed by atoms with van der Waals surface area (Å²) in [5, 5.41) is 0. The first-order valence-corrected chi connectivity index (χ1v) is 9.27. The van der Waals surface area contributed by atoms with E-state index in [1.807, 2.05) is 31.3 Å². The number of benzene rings is 1. The lowest BCUT2D eigenvalue weighted by Gasteiger charge is -2.27. The second kappa shape index (κ2) is 8.86. The van der Waals surface area contributed by atoms with Gasteiger partial charge in [-0.05, 0) is 68.0 Å². The number of aromatic nitrogens is 1. The minimum Gasteiger partial charge on any atom is -0.494 e. The van der Waals surface area contributed by atoms with Crippen molar-refractivity contribution >= 4 is 5.82 Å². The van der Waals surface area contributed by atoms with Crippen LogP contribution < -0.4 is 9.64 Å². The van der Waals surface area contributed by atoms with Gasteiger partial charge < -0.3 is 14.4 Å². The van der Waals surface area contributed by atoms with Gasteiger partial charge in [0.25, 0.3) is 0 Å². The van der Waals surface area contributed by atoms with E-state index >= 15 is 0 Å². The molecule has 1 aliphatic heterocycles. The summed E-state index contributed by atoms with van der Waals surface area (Å²) in [5.41, 5.74) is 3.51. The molecule has 0 saturated carbocycles. The molecule has 3 rings (SSSR count). The van der Waals surface area contributed by atoms with Gasteiger partial charge in [-0.3, -0.25) is 0 Å². The third-order valence-corrected chi connectivity index (χ3v) is 4.71. The number of ether oxygens (including phenoxy) is 2. The van der Waals surface area contributed by atoms with Crippen LogP contribution in [0.15, 0.2) is 36.5 Å². The smallest absolute Gasteiger partial charge is 0.128 e. The maximum absolute atomic E-state index is 5.96. The molecule has 1 aliphatic rings. The molecule has 0 unspecified atom stereocenters. The Morgan fingerprint density at radius 3 is 2.72 bits per heavy atom. The van der Waals surface area contributed by atoms with Crippen molar-refractivity contribution in [1.82, 2.24) is 4.98 Å². The third kappa shape index (κ3) is 4.73. The molecule has 25 heavy (non-hydrogen) atoms. The highest BCUT2D eigenvalue weighted by molar-refractivity contribution is 5.41.